The van der Waals surface area contributed by atoms with Crippen LogP contribution in [0, 0.1) is 5.41 Å². The maximum Gasteiger partial charge on any atom is 0.411 e. The zero-order valence-electron chi connectivity index (χ0n) is 10.4. The molecule has 19 heavy (non-hydrogen) atoms. The quantitative estimate of drug-likeness (QED) is 0.890. The average molecular weight is 306 g/mol. The lowest BCUT2D eigenvalue weighted by molar-refractivity contribution is -0.148. The number of carbonyl (C=O) groups excluding carboxylic acids is 1. The van der Waals surface area contributed by atoms with Crippen LogP contribution in [0.5, 0.6) is 0 Å². The first kappa shape index (κ1) is 15.6. The number of ether oxygens (including phenoxy) is 1. The molecule has 0 aliphatic rings. The van der Waals surface area contributed by atoms with Crippen LogP contribution in [0.3, 0.4) is 0 Å². The fraction of sp³-hybridized carbons (Fsp3) is 0.333. The van der Waals surface area contributed by atoms with Gasteiger partial charge >= 0.3 is 12.1 Å². The van der Waals surface area contributed by atoms with Gasteiger partial charge in [0.05, 0.1) is 16.1 Å². The highest BCUT2D eigenvalue weighted by Crippen LogP contribution is 2.25. The van der Waals surface area contributed by atoms with Crippen LogP contribution in [-0.4, -0.2) is 23.8 Å². The van der Waals surface area contributed by atoms with Crippen molar-refractivity contribution in [3.05, 3.63) is 28.2 Å². The Labute approximate surface area is 120 Å². The van der Waals surface area contributed by atoms with Crippen molar-refractivity contribution in [3.8, 4) is 0 Å². The number of carboxylic acid groups (broad SMARTS) is 1. The molecule has 1 aromatic rings. The fourth-order valence-corrected chi connectivity index (χ4v) is 1.50. The Kier molecular flexibility index (Phi) is 5.03. The second-order valence-corrected chi connectivity index (χ2v) is 5.36. The number of anilines is 1. The number of amides is 1. The first-order valence-electron chi connectivity index (χ1n) is 5.34. The molecular formula is C12H13Cl2NO4. The maximum atomic E-state index is 11.5. The summed E-state index contributed by atoms with van der Waals surface area (Å²) in [5.41, 5.74) is -0.814. The van der Waals surface area contributed by atoms with E-state index in [1.54, 1.807) is 6.07 Å². The molecule has 0 unspecified atom stereocenters. The topological polar surface area (TPSA) is 75.6 Å². The average Bonchev–Trinajstić information content (AvgIpc) is 2.30. The maximum absolute atomic E-state index is 11.5. The van der Waals surface area contributed by atoms with Crippen molar-refractivity contribution in [1.29, 1.82) is 0 Å². The smallest absolute Gasteiger partial charge is 0.411 e. The van der Waals surface area contributed by atoms with Crippen LogP contribution in [0.1, 0.15) is 13.8 Å². The van der Waals surface area contributed by atoms with Crippen molar-refractivity contribution < 1.29 is 19.4 Å². The summed E-state index contributed by atoms with van der Waals surface area (Å²) in [6.07, 6.45) is -0.779. The summed E-state index contributed by atoms with van der Waals surface area (Å²) in [5.74, 6) is -1.05. The standard InChI is InChI=1S/C12H13Cl2NO4/c1-12(2,10(16)17)6-19-11(18)15-9-4-3-7(13)5-8(9)14/h3-5H,6H2,1-2H3,(H,15,18)(H,16,17). The summed E-state index contributed by atoms with van der Waals surface area (Å²) in [4.78, 5) is 22.3. The van der Waals surface area contributed by atoms with E-state index in [1.165, 1.54) is 26.0 Å². The summed E-state index contributed by atoms with van der Waals surface area (Å²) in [5, 5.41) is 12.0. The third-order valence-electron chi connectivity index (χ3n) is 2.31. The lowest BCUT2D eigenvalue weighted by Crippen LogP contribution is -2.31. The van der Waals surface area contributed by atoms with Gasteiger partial charge in [0.1, 0.15) is 6.61 Å². The number of nitrogens with one attached hydrogen (secondary N) is 1. The highest BCUT2D eigenvalue weighted by Gasteiger charge is 2.29. The SMILES string of the molecule is CC(C)(COC(=O)Nc1ccc(Cl)cc1Cl)C(=O)O. The van der Waals surface area contributed by atoms with Crippen molar-refractivity contribution in [1.82, 2.24) is 0 Å². The second kappa shape index (κ2) is 6.12. The number of carboxylic acids is 1. The Morgan fingerprint density at radius 2 is 2.00 bits per heavy atom. The molecule has 0 heterocycles. The normalized spacial score (nSPS) is 10.9. The molecule has 5 nitrogen and oxygen atoms in total. The second-order valence-electron chi connectivity index (χ2n) is 4.51. The van der Waals surface area contributed by atoms with Gasteiger partial charge in [0.15, 0.2) is 0 Å². The zero-order chi connectivity index (χ0) is 14.6. The number of benzene rings is 1. The first-order chi connectivity index (χ1) is 8.72. The summed E-state index contributed by atoms with van der Waals surface area (Å²) in [6.45, 7) is 2.66. The molecule has 0 aliphatic carbocycles. The molecule has 0 spiro atoms. The van der Waals surface area contributed by atoms with Crippen LogP contribution >= 0.6 is 23.2 Å². The van der Waals surface area contributed by atoms with Gasteiger partial charge in [-0.1, -0.05) is 23.2 Å². The molecule has 0 saturated carbocycles. The van der Waals surface area contributed by atoms with Crippen molar-refractivity contribution in [2.75, 3.05) is 11.9 Å². The Balaban J connectivity index is 2.59. The Hall–Kier alpha value is -1.46. The summed E-state index contributed by atoms with van der Waals surface area (Å²) in [6, 6.07) is 4.55. The van der Waals surface area contributed by atoms with E-state index >= 15 is 0 Å². The number of aliphatic carboxylic acids is 1. The molecule has 0 aromatic heterocycles. The number of rotatable bonds is 4. The molecule has 0 bridgehead atoms. The van der Waals surface area contributed by atoms with Crippen LogP contribution in [0.4, 0.5) is 10.5 Å². The van der Waals surface area contributed by atoms with Gasteiger partial charge in [0, 0.05) is 5.02 Å². The minimum Gasteiger partial charge on any atom is -0.481 e. The minimum atomic E-state index is -1.15. The van der Waals surface area contributed by atoms with Crippen molar-refractivity contribution in [2.24, 2.45) is 5.41 Å². The van der Waals surface area contributed by atoms with Crippen LogP contribution in [0.25, 0.3) is 0 Å². The highest BCUT2D eigenvalue weighted by molar-refractivity contribution is 6.36. The summed E-state index contributed by atoms with van der Waals surface area (Å²) >= 11 is 11.6. The Morgan fingerprint density at radius 3 is 2.53 bits per heavy atom. The molecule has 1 amide bonds. The van der Waals surface area contributed by atoms with Crippen molar-refractivity contribution in [2.45, 2.75) is 13.8 Å². The molecule has 1 aromatic carbocycles. The predicted octanol–water partition coefficient (Wildman–Crippen LogP) is 3.65. The number of carbonyl (C=O) groups is 2. The monoisotopic (exact) mass is 305 g/mol. The molecule has 1 rings (SSSR count). The fourth-order valence-electron chi connectivity index (χ4n) is 1.04. The molecule has 7 heteroatoms. The third-order valence-corrected chi connectivity index (χ3v) is 2.86. The van der Waals surface area contributed by atoms with Gasteiger partial charge in [-0.3, -0.25) is 10.1 Å². The molecule has 104 valence electrons. The van der Waals surface area contributed by atoms with E-state index in [2.05, 4.69) is 5.32 Å². The van der Waals surface area contributed by atoms with Gasteiger partial charge in [0.25, 0.3) is 0 Å². The van der Waals surface area contributed by atoms with E-state index < -0.39 is 17.5 Å². The summed E-state index contributed by atoms with van der Waals surface area (Å²) in [7, 11) is 0. The van der Waals surface area contributed by atoms with Crippen LogP contribution in [0.15, 0.2) is 18.2 Å². The van der Waals surface area contributed by atoms with E-state index in [0.717, 1.165) is 0 Å². The number of hydrogen-bond donors (Lipinski definition) is 2. The van der Waals surface area contributed by atoms with E-state index in [9.17, 15) is 9.59 Å². The van der Waals surface area contributed by atoms with E-state index in [1.807, 2.05) is 0 Å². The highest BCUT2D eigenvalue weighted by atomic mass is 35.5. The zero-order valence-corrected chi connectivity index (χ0v) is 11.9. The molecule has 0 atom stereocenters. The van der Waals surface area contributed by atoms with Crippen LogP contribution < -0.4 is 5.32 Å². The van der Waals surface area contributed by atoms with Gasteiger partial charge in [0.2, 0.25) is 0 Å². The van der Waals surface area contributed by atoms with Crippen molar-refractivity contribution in [3.63, 3.8) is 0 Å². The van der Waals surface area contributed by atoms with E-state index in [4.69, 9.17) is 33.0 Å². The molecular weight excluding hydrogens is 293 g/mol. The number of hydrogen-bond acceptors (Lipinski definition) is 3. The number of halogens is 2. The summed E-state index contributed by atoms with van der Waals surface area (Å²) < 4.78 is 4.83. The van der Waals surface area contributed by atoms with Gasteiger partial charge in [-0.15, -0.1) is 0 Å². The van der Waals surface area contributed by atoms with E-state index in [-0.39, 0.29) is 11.6 Å². The largest absolute Gasteiger partial charge is 0.481 e. The Morgan fingerprint density at radius 1 is 1.37 bits per heavy atom. The van der Waals surface area contributed by atoms with E-state index in [0.29, 0.717) is 10.7 Å². The molecule has 2 N–H and O–H groups in total. The first-order valence-corrected chi connectivity index (χ1v) is 6.10. The predicted molar refractivity (Wildman–Crippen MR) is 72.8 cm³/mol. The van der Waals surface area contributed by atoms with Gasteiger partial charge in [-0.05, 0) is 32.0 Å². The van der Waals surface area contributed by atoms with Crippen LogP contribution in [-0.2, 0) is 9.53 Å². The third kappa shape index (κ3) is 4.61. The van der Waals surface area contributed by atoms with Gasteiger partial charge in [-0.25, -0.2) is 4.79 Å². The van der Waals surface area contributed by atoms with Crippen molar-refractivity contribution >= 4 is 41.0 Å². The molecule has 0 saturated heterocycles. The van der Waals surface area contributed by atoms with Gasteiger partial charge in [-0.2, -0.15) is 0 Å². The molecule has 0 fully saturated rings. The lowest BCUT2D eigenvalue weighted by Gasteiger charge is -2.18. The molecule has 0 radical (unpaired) electrons. The van der Waals surface area contributed by atoms with Crippen LogP contribution in [0.2, 0.25) is 10.0 Å². The Bertz CT molecular complexity index is 503. The lowest BCUT2D eigenvalue weighted by atomic mass is 9.95. The van der Waals surface area contributed by atoms with Gasteiger partial charge < -0.3 is 9.84 Å². The minimum absolute atomic E-state index is 0.251. The molecule has 0 aliphatic heterocycles.